The van der Waals surface area contributed by atoms with E-state index in [-0.39, 0.29) is 5.41 Å². The fourth-order valence-corrected chi connectivity index (χ4v) is 15.6. The number of fused-ring (bicyclic) bond motifs is 12. The van der Waals surface area contributed by atoms with E-state index in [1.54, 1.807) is 11.1 Å². The molecule has 2 heteroatoms. The minimum atomic E-state index is -0.485. The largest absolute Gasteiger partial charge is 0.310 e. The van der Waals surface area contributed by atoms with Crippen molar-refractivity contribution in [2.45, 2.75) is 50.4 Å². The molecule has 1 heterocycles. The Labute approximate surface area is 435 Å². The average Bonchev–Trinajstić information content (AvgIpc) is 3.96. The first-order valence-corrected chi connectivity index (χ1v) is 27.1. The van der Waals surface area contributed by atoms with Crippen LogP contribution in [-0.4, -0.2) is 4.57 Å². The molecule has 2 nitrogen and oxygen atoms in total. The third-order valence-corrected chi connectivity index (χ3v) is 18.3. The van der Waals surface area contributed by atoms with Gasteiger partial charge in [0.1, 0.15) is 0 Å². The number of rotatable bonds is 6. The van der Waals surface area contributed by atoms with Gasteiger partial charge in [-0.2, -0.15) is 0 Å². The number of nitrogens with zero attached hydrogens (tertiary/aromatic N) is 2. The van der Waals surface area contributed by atoms with Gasteiger partial charge in [0.2, 0.25) is 0 Å². The van der Waals surface area contributed by atoms with Gasteiger partial charge in [-0.3, -0.25) is 0 Å². The van der Waals surface area contributed by atoms with Crippen LogP contribution < -0.4 is 4.90 Å². The first-order valence-electron chi connectivity index (χ1n) is 27.1. The Bertz CT molecular complexity index is 3820. The summed E-state index contributed by atoms with van der Waals surface area (Å²) < 4.78 is 2.39. The minimum absolute atomic E-state index is 0.0674. The number of benzene rings is 10. The lowest BCUT2D eigenvalue weighted by Gasteiger charge is -2.61. The molecule has 0 atom stereocenters. The number of para-hydroxylation sites is 2. The van der Waals surface area contributed by atoms with Crippen molar-refractivity contribution in [3.05, 3.63) is 276 Å². The molecule has 0 saturated heterocycles. The molecule has 2 bridgehead atoms. The molecular formula is C72H58N2. The lowest BCUT2D eigenvalue weighted by Crippen LogP contribution is -2.56. The second-order valence-electron chi connectivity index (χ2n) is 22.2. The Hall–Kier alpha value is -8.20. The summed E-state index contributed by atoms with van der Waals surface area (Å²) in [7, 11) is 0. The average molecular weight is 951 g/mol. The molecule has 0 radical (unpaired) electrons. The zero-order valence-corrected chi connectivity index (χ0v) is 42.1. The zero-order chi connectivity index (χ0) is 49.1. The second-order valence-corrected chi connectivity index (χ2v) is 22.2. The van der Waals surface area contributed by atoms with Crippen LogP contribution in [0, 0.1) is 23.7 Å². The highest BCUT2D eigenvalue weighted by atomic mass is 15.1. The first-order chi connectivity index (χ1) is 36.5. The SMILES string of the molecule is CC1CC2CC(C)CC(C1)C21c2ccccc2C2(c3ccccc3-c3ccccc32)c2cc(N(c3ccc(-c4ccccc4)cc3)c3ccc(-c4ccc(-n5c6ccccc6c6ccccc65)cc4)cc3)ccc21. The minimum Gasteiger partial charge on any atom is -0.310 e. The molecule has 0 amide bonds. The summed E-state index contributed by atoms with van der Waals surface area (Å²) in [4.78, 5) is 2.52. The maximum Gasteiger partial charge on any atom is 0.0720 e. The summed E-state index contributed by atoms with van der Waals surface area (Å²) in [5.74, 6) is 2.58. The first kappa shape index (κ1) is 43.4. The van der Waals surface area contributed by atoms with Crippen LogP contribution in [0.3, 0.4) is 0 Å². The van der Waals surface area contributed by atoms with Gasteiger partial charge in [-0.15, -0.1) is 0 Å². The second kappa shape index (κ2) is 16.7. The zero-order valence-electron chi connectivity index (χ0n) is 42.1. The van der Waals surface area contributed by atoms with Crippen molar-refractivity contribution in [1.29, 1.82) is 0 Å². The normalized spacial score (nSPS) is 20.8. The summed E-state index contributed by atoms with van der Waals surface area (Å²) in [6.45, 7) is 5.06. The van der Waals surface area contributed by atoms with E-state index >= 15 is 0 Å². The maximum absolute atomic E-state index is 2.65. The van der Waals surface area contributed by atoms with Gasteiger partial charge < -0.3 is 9.47 Å². The van der Waals surface area contributed by atoms with Crippen molar-refractivity contribution in [2.75, 3.05) is 4.90 Å². The molecule has 0 N–H and O–H groups in total. The van der Waals surface area contributed by atoms with Crippen molar-refractivity contribution in [1.82, 2.24) is 4.57 Å². The van der Waals surface area contributed by atoms with E-state index < -0.39 is 5.41 Å². The Morgan fingerprint density at radius 3 is 1.30 bits per heavy atom. The summed E-state index contributed by atoms with van der Waals surface area (Å²) in [6, 6.07) is 92.1. The van der Waals surface area contributed by atoms with E-state index in [0.29, 0.717) is 11.8 Å². The topological polar surface area (TPSA) is 8.17 Å². The quantitative estimate of drug-likeness (QED) is 0.161. The number of aromatic nitrogens is 1. The van der Waals surface area contributed by atoms with Crippen LogP contribution in [-0.2, 0) is 10.8 Å². The summed E-state index contributed by atoms with van der Waals surface area (Å²) in [5.41, 5.74) is 22.9. The molecule has 10 aromatic carbocycles. The predicted octanol–water partition coefficient (Wildman–Crippen LogP) is 18.6. The van der Waals surface area contributed by atoms with Crippen molar-refractivity contribution in [2.24, 2.45) is 23.7 Å². The van der Waals surface area contributed by atoms with Gasteiger partial charge in [-0.1, -0.05) is 196 Å². The van der Waals surface area contributed by atoms with Crippen LogP contribution >= 0.6 is 0 Å². The molecule has 2 spiro atoms. The maximum atomic E-state index is 2.65. The van der Waals surface area contributed by atoms with Gasteiger partial charge in [0.05, 0.1) is 16.4 Å². The third kappa shape index (κ3) is 6.18. The number of anilines is 3. The van der Waals surface area contributed by atoms with E-state index in [1.165, 1.54) is 109 Å². The molecule has 4 aliphatic rings. The summed E-state index contributed by atoms with van der Waals surface area (Å²) in [5, 5.41) is 2.55. The van der Waals surface area contributed by atoms with Crippen LogP contribution in [0.25, 0.3) is 60.9 Å². The molecule has 11 aromatic rings. The summed E-state index contributed by atoms with van der Waals surface area (Å²) in [6.07, 6.45) is 5.08. The van der Waals surface area contributed by atoms with Gasteiger partial charge in [0.15, 0.2) is 0 Å². The fraction of sp³-hybridized carbons (Fsp3) is 0.167. The molecule has 2 saturated carbocycles. The monoisotopic (exact) mass is 950 g/mol. The number of hydrogen-bond acceptors (Lipinski definition) is 1. The van der Waals surface area contributed by atoms with Gasteiger partial charge in [-0.05, 0) is 177 Å². The third-order valence-electron chi connectivity index (χ3n) is 18.3. The van der Waals surface area contributed by atoms with E-state index in [1.807, 2.05) is 0 Å². The van der Waals surface area contributed by atoms with Crippen molar-refractivity contribution in [3.8, 4) is 39.1 Å². The highest BCUT2D eigenvalue weighted by Crippen LogP contribution is 2.69. The van der Waals surface area contributed by atoms with Gasteiger partial charge >= 0.3 is 0 Å². The summed E-state index contributed by atoms with van der Waals surface area (Å²) >= 11 is 0. The lowest BCUT2D eigenvalue weighted by atomic mass is 9.41. The van der Waals surface area contributed by atoms with E-state index in [0.717, 1.165) is 28.9 Å². The van der Waals surface area contributed by atoms with Crippen LogP contribution in [0.1, 0.15) is 72.9 Å². The Balaban J connectivity index is 0.915. The molecular weight excluding hydrogens is 893 g/mol. The molecule has 2 fully saturated rings. The van der Waals surface area contributed by atoms with Crippen molar-refractivity contribution >= 4 is 38.9 Å². The Morgan fingerprint density at radius 1 is 0.351 bits per heavy atom. The standard InChI is InChI=1S/C72H58N2/c1-47-42-53-44-48(2)45-54(43-47)71(53)65-24-12-13-25-66(65)72(63-22-10-6-18-59(63)60-19-7-11-23-64(60)72)68-46-58(40-41-67(68)71)73(55-34-28-50(29-35-55)49-16-4-3-5-17-49)56-36-30-51(31-37-56)52-32-38-57(39-33-52)74-69-26-14-8-20-61(69)62-21-9-15-27-70(62)74/h3-41,46-48,53-54H,42-45H2,1-2H3. The van der Waals surface area contributed by atoms with Crippen molar-refractivity contribution in [3.63, 3.8) is 0 Å². The lowest BCUT2D eigenvalue weighted by molar-refractivity contribution is 0.0238. The van der Waals surface area contributed by atoms with Gasteiger partial charge in [-0.25, -0.2) is 0 Å². The van der Waals surface area contributed by atoms with E-state index in [4.69, 9.17) is 0 Å². The highest BCUT2D eigenvalue weighted by Gasteiger charge is 2.62. The predicted molar refractivity (Wildman–Crippen MR) is 308 cm³/mol. The smallest absolute Gasteiger partial charge is 0.0720 e. The van der Waals surface area contributed by atoms with Crippen LogP contribution in [0.5, 0.6) is 0 Å². The molecule has 4 aliphatic carbocycles. The molecule has 1 aromatic heterocycles. The van der Waals surface area contributed by atoms with Gasteiger partial charge in [0, 0.05) is 38.9 Å². The highest BCUT2D eigenvalue weighted by molar-refractivity contribution is 6.09. The van der Waals surface area contributed by atoms with Gasteiger partial charge in [0.25, 0.3) is 0 Å². The molecule has 15 rings (SSSR count). The Morgan fingerprint density at radius 2 is 0.757 bits per heavy atom. The molecule has 356 valence electrons. The molecule has 0 aliphatic heterocycles. The molecule has 0 unspecified atom stereocenters. The van der Waals surface area contributed by atoms with Crippen LogP contribution in [0.4, 0.5) is 17.1 Å². The van der Waals surface area contributed by atoms with E-state index in [9.17, 15) is 0 Å². The van der Waals surface area contributed by atoms with Crippen LogP contribution in [0.15, 0.2) is 243 Å². The van der Waals surface area contributed by atoms with E-state index in [2.05, 4.69) is 266 Å². The van der Waals surface area contributed by atoms with Crippen LogP contribution in [0.2, 0.25) is 0 Å². The number of hydrogen-bond donors (Lipinski definition) is 0. The molecule has 74 heavy (non-hydrogen) atoms. The van der Waals surface area contributed by atoms with Crippen molar-refractivity contribution < 1.29 is 0 Å². The Kier molecular flexibility index (Phi) is 9.77. The fourth-order valence-electron chi connectivity index (χ4n) is 15.6.